The fourth-order valence-corrected chi connectivity index (χ4v) is 4.30. The number of para-hydroxylation sites is 1. The number of aryl methyl sites for hydroxylation is 1. The molecule has 1 amide bonds. The van der Waals surface area contributed by atoms with Crippen LogP contribution in [0.5, 0.6) is 0 Å². The van der Waals surface area contributed by atoms with Crippen LogP contribution in [-0.2, 0) is 11.2 Å². The molecule has 0 aliphatic carbocycles. The second-order valence-electron chi connectivity index (χ2n) is 5.32. The van der Waals surface area contributed by atoms with Gasteiger partial charge in [0.25, 0.3) is 0 Å². The first kappa shape index (κ1) is 17.4. The van der Waals surface area contributed by atoms with E-state index >= 15 is 0 Å². The minimum atomic E-state index is -0.482. The first-order valence-electron chi connectivity index (χ1n) is 7.86. The zero-order valence-corrected chi connectivity index (χ0v) is 15.3. The van der Waals surface area contributed by atoms with Crippen molar-refractivity contribution in [2.45, 2.75) is 22.9 Å². The molecule has 128 valence electrons. The Balaban J connectivity index is 1.75. The van der Waals surface area contributed by atoms with E-state index in [1.54, 1.807) is 0 Å². The number of aromatic nitrogens is 2. The Hall–Kier alpha value is -2.38. The maximum atomic E-state index is 11.8. The number of hydrogen-bond donors (Lipinski definition) is 2. The van der Waals surface area contributed by atoms with Crippen LogP contribution < -0.4 is 11.1 Å². The molecule has 25 heavy (non-hydrogen) atoms. The number of carbonyl (C=O) groups is 1. The molecule has 7 heteroatoms. The molecule has 1 heterocycles. The number of primary amides is 1. The number of rotatable bonds is 7. The molecule has 0 bridgehead atoms. The maximum absolute atomic E-state index is 11.8. The summed E-state index contributed by atoms with van der Waals surface area (Å²) in [6, 6.07) is 17.6. The molecule has 1 atom stereocenters. The van der Waals surface area contributed by atoms with Gasteiger partial charge in [0, 0.05) is 5.69 Å². The predicted octanol–water partition coefficient (Wildman–Crippen LogP) is 4.16. The van der Waals surface area contributed by atoms with Gasteiger partial charge in [-0.1, -0.05) is 78.6 Å². The Bertz CT molecular complexity index is 851. The average molecular weight is 371 g/mol. The first-order valence-corrected chi connectivity index (χ1v) is 9.56. The quantitative estimate of drug-likeness (QED) is 0.610. The number of anilines is 2. The van der Waals surface area contributed by atoms with Crippen LogP contribution in [0, 0.1) is 0 Å². The van der Waals surface area contributed by atoms with Crippen molar-refractivity contribution in [1.82, 2.24) is 10.2 Å². The Labute approximate surface area is 154 Å². The highest BCUT2D eigenvalue weighted by molar-refractivity contribution is 8.01. The van der Waals surface area contributed by atoms with Gasteiger partial charge in [-0.25, -0.2) is 0 Å². The SMILES string of the molecule is CCc1ccccc1Nc1nnc(SC(C(N)=O)c2ccccc2)s1. The van der Waals surface area contributed by atoms with Gasteiger partial charge in [0.05, 0.1) is 0 Å². The van der Waals surface area contributed by atoms with Gasteiger partial charge in [-0.3, -0.25) is 4.79 Å². The standard InChI is InChI=1S/C18H18N4OS2/c1-2-12-8-6-7-11-14(12)20-17-21-22-18(25-17)24-15(16(19)23)13-9-4-3-5-10-13/h3-11,15H,2H2,1H3,(H2,19,23)(H,20,21). The minimum absolute atomic E-state index is 0.391. The Morgan fingerprint density at radius 3 is 2.60 bits per heavy atom. The molecule has 0 radical (unpaired) electrons. The van der Waals surface area contributed by atoms with Crippen molar-refractivity contribution in [2.75, 3.05) is 5.32 Å². The molecule has 5 nitrogen and oxygen atoms in total. The van der Waals surface area contributed by atoms with Gasteiger partial charge < -0.3 is 11.1 Å². The van der Waals surface area contributed by atoms with Crippen molar-refractivity contribution < 1.29 is 4.79 Å². The van der Waals surface area contributed by atoms with E-state index < -0.39 is 11.2 Å². The summed E-state index contributed by atoms with van der Waals surface area (Å²) in [6.07, 6.45) is 0.932. The van der Waals surface area contributed by atoms with Gasteiger partial charge in [-0.2, -0.15) is 0 Å². The van der Waals surface area contributed by atoms with Gasteiger partial charge in [0.2, 0.25) is 11.0 Å². The predicted molar refractivity (Wildman–Crippen MR) is 103 cm³/mol. The second kappa shape index (κ2) is 8.13. The van der Waals surface area contributed by atoms with E-state index in [2.05, 4.69) is 28.5 Å². The molecular formula is C18H18N4OS2. The van der Waals surface area contributed by atoms with Crippen LogP contribution in [0.1, 0.15) is 23.3 Å². The van der Waals surface area contributed by atoms with E-state index in [0.717, 1.165) is 17.7 Å². The lowest BCUT2D eigenvalue weighted by Gasteiger charge is -2.10. The van der Waals surface area contributed by atoms with Crippen LogP contribution >= 0.6 is 23.1 Å². The number of amides is 1. The number of thioether (sulfide) groups is 1. The monoisotopic (exact) mass is 370 g/mol. The van der Waals surface area contributed by atoms with Gasteiger partial charge in [-0.15, -0.1) is 10.2 Å². The molecule has 0 saturated carbocycles. The molecule has 1 unspecified atom stereocenters. The van der Waals surface area contributed by atoms with Gasteiger partial charge >= 0.3 is 0 Å². The highest BCUT2D eigenvalue weighted by Gasteiger charge is 2.21. The molecule has 0 fully saturated rings. The van der Waals surface area contributed by atoms with Gasteiger partial charge in [0.1, 0.15) is 5.25 Å². The number of nitrogens with two attached hydrogens (primary N) is 1. The molecule has 0 aliphatic heterocycles. The van der Waals surface area contributed by atoms with Gasteiger partial charge in [0.15, 0.2) is 4.34 Å². The van der Waals surface area contributed by atoms with E-state index in [-0.39, 0.29) is 0 Å². The molecule has 0 saturated heterocycles. The Morgan fingerprint density at radius 2 is 1.88 bits per heavy atom. The number of carbonyl (C=O) groups excluding carboxylic acids is 1. The highest BCUT2D eigenvalue weighted by atomic mass is 32.2. The fourth-order valence-electron chi connectivity index (χ4n) is 2.39. The number of hydrogen-bond acceptors (Lipinski definition) is 6. The van der Waals surface area contributed by atoms with E-state index in [9.17, 15) is 4.79 Å². The smallest absolute Gasteiger partial charge is 0.235 e. The Kier molecular flexibility index (Phi) is 5.67. The topological polar surface area (TPSA) is 80.9 Å². The van der Waals surface area contributed by atoms with Crippen LogP contribution in [0.4, 0.5) is 10.8 Å². The molecule has 0 aliphatic rings. The summed E-state index contributed by atoms with van der Waals surface area (Å²) < 4.78 is 0.698. The minimum Gasteiger partial charge on any atom is -0.368 e. The summed E-state index contributed by atoms with van der Waals surface area (Å²) in [6.45, 7) is 2.11. The molecule has 0 spiro atoms. The van der Waals surface area contributed by atoms with Crippen LogP contribution in [0.3, 0.4) is 0 Å². The van der Waals surface area contributed by atoms with Gasteiger partial charge in [-0.05, 0) is 23.6 Å². The first-order chi connectivity index (χ1) is 12.2. The molecule has 3 rings (SSSR count). The number of benzene rings is 2. The summed E-state index contributed by atoms with van der Waals surface area (Å²) in [5.74, 6) is -0.391. The summed E-state index contributed by atoms with van der Waals surface area (Å²) in [7, 11) is 0. The molecule has 3 aromatic rings. The number of nitrogens with zero attached hydrogens (tertiary/aromatic N) is 2. The van der Waals surface area contributed by atoms with Crippen molar-refractivity contribution in [3.63, 3.8) is 0 Å². The largest absolute Gasteiger partial charge is 0.368 e. The van der Waals surface area contributed by atoms with Crippen molar-refractivity contribution in [3.05, 3.63) is 65.7 Å². The third kappa shape index (κ3) is 4.37. The summed E-state index contributed by atoms with van der Waals surface area (Å²) in [5.41, 5.74) is 8.66. The lowest BCUT2D eigenvalue weighted by atomic mass is 10.1. The Morgan fingerprint density at radius 1 is 1.16 bits per heavy atom. The third-order valence-corrected chi connectivity index (χ3v) is 5.82. The molecule has 3 N–H and O–H groups in total. The van der Waals surface area contributed by atoms with Crippen LogP contribution in [-0.4, -0.2) is 16.1 Å². The molecule has 1 aromatic heterocycles. The molecule has 2 aromatic carbocycles. The second-order valence-corrected chi connectivity index (χ2v) is 7.65. The van der Waals surface area contributed by atoms with Crippen molar-refractivity contribution >= 4 is 39.8 Å². The van der Waals surface area contributed by atoms with E-state index in [0.29, 0.717) is 9.47 Å². The number of nitrogens with one attached hydrogen (secondary N) is 1. The lowest BCUT2D eigenvalue weighted by Crippen LogP contribution is -2.18. The third-order valence-electron chi connectivity index (χ3n) is 3.63. The van der Waals surface area contributed by atoms with Crippen molar-refractivity contribution in [1.29, 1.82) is 0 Å². The van der Waals surface area contributed by atoms with E-state index in [1.165, 1.54) is 28.7 Å². The zero-order chi connectivity index (χ0) is 17.6. The van der Waals surface area contributed by atoms with Crippen LogP contribution in [0.2, 0.25) is 0 Å². The lowest BCUT2D eigenvalue weighted by molar-refractivity contribution is -0.117. The fraction of sp³-hybridized carbons (Fsp3) is 0.167. The summed E-state index contributed by atoms with van der Waals surface area (Å²) in [5, 5.41) is 11.9. The van der Waals surface area contributed by atoms with E-state index in [1.807, 2.05) is 48.5 Å². The van der Waals surface area contributed by atoms with Crippen LogP contribution in [0.25, 0.3) is 0 Å². The van der Waals surface area contributed by atoms with Crippen LogP contribution in [0.15, 0.2) is 58.9 Å². The normalized spacial score (nSPS) is 11.9. The average Bonchev–Trinajstić information content (AvgIpc) is 3.08. The van der Waals surface area contributed by atoms with Crippen molar-refractivity contribution in [2.24, 2.45) is 5.73 Å². The summed E-state index contributed by atoms with van der Waals surface area (Å²) in [4.78, 5) is 11.8. The van der Waals surface area contributed by atoms with E-state index in [4.69, 9.17) is 5.73 Å². The molecular weight excluding hydrogens is 352 g/mol. The zero-order valence-electron chi connectivity index (χ0n) is 13.7. The maximum Gasteiger partial charge on any atom is 0.235 e. The highest BCUT2D eigenvalue weighted by Crippen LogP contribution is 2.38. The van der Waals surface area contributed by atoms with Crippen molar-refractivity contribution in [3.8, 4) is 0 Å². The summed E-state index contributed by atoms with van der Waals surface area (Å²) >= 11 is 2.73.